The van der Waals surface area contributed by atoms with Gasteiger partial charge in [-0.15, -0.1) is 0 Å². The minimum Gasteiger partial charge on any atom is -0.370 e. The number of hydrogen-bond donors (Lipinski definition) is 1. The molecule has 7 nitrogen and oxygen atoms in total. The van der Waals surface area contributed by atoms with Crippen molar-refractivity contribution in [2.24, 2.45) is 0 Å². The van der Waals surface area contributed by atoms with E-state index < -0.39 is 0 Å². The summed E-state index contributed by atoms with van der Waals surface area (Å²) in [6.07, 6.45) is 2.00. The van der Waals surface area contributed by atoms with Gasteiger partial charge in [0, 0.05) is 44.5 Å². The number of anilines is 3. The molecule has 2 aromatic rings. The van der Waals surface area contributed by atoms with E-state index in [1.807, 2.05) is 31.7 Å². The Morgan fingerprint density at radius 3 is 2.48 bits per heavy atom. The van der Waals surface area contributed by atoms with Crippen LogP contribution in [-0.2, 0) is 6.42 Å². The van der Waals surface area contributed by atoms with Gasteiger partial charge in [0.15, 0.2) is 11.6 Å². The summed E-state index contributed by atoms with van der Waals surface area (Å²) in [7, 11) is 0. The Labute approximate surface area is 147 Å². The monoisotopic (exact) mass is 345 g/mol. The molecule has 0 spiro atoms. The zero-order chi connectivity index (χ0) is 17.8. The molecule has 0 aromatic carbocycles. The highest BCUT2D eigenvalue weighted by Crippen LogP contribution is 2.21. The van der Waals surface area contributed by atoms with Crippen LogP contribution in [0.3, 0.4) is 0 Å². The van der Waals surface area contributed by atoms with Gasteiger partial charge in [-0.1, -0.05) is 6.92 Å². The van der Waals surface area contributed by atoms with E-state index in [-0.39, 0.29) is 5.82 Å². The third-order valence-electron chi connectivity index (χ3n) is 4.24. The first-order valence-corrected chi connectivity index (χ1v) is 8.71. The van der Waals surface area contributed by atoms with E-state index in [0.717, 1.165) is 31.1 Å². The van der Waals surface area contributed by atoms with Crippen molar-refractivity contribution in [2.75, 3.05) is 47.8 Å². The second kappa shape index (κ2) is 7.58. The van der Waals surface area contributed by atoms with Gasteiger partial charge in [0.05, 0.1) is 5.69 Å². The summed E-state index contributed by atoms with van der Waals surface area (Å²) < 4.78 is 14.5. The van der Waals surface area contributed by atoms with Crippen LogP contribution in [0.4, 0.5) is 22.0 Å². The lowest BCUT2D eigenvalue weighted by Crippen LogP contribution is -2.47. The topological polar surface area (TPSA) is 70.1 Å². The Balaban J connectivity index is 1.72. The third-order valence-corrected chi connectivity index (χ3v) is 4.24. The molecule has 0 radical (unpaired) electrons. The number of halogens is 1. The van der Waals surface area contributed by atoms with E-state index in [9.17, 15) is 4.39 Å². The minimum atomic E-state index is -0.306. The lowest BCUT2D eigenvalue weighted by molar-refractivity contribution is 0.566. The van der Waals surface area contributed by atoms with Gasteiger partial charge in [-0.25, -0.2) is 19.3 Å². The maximum Gasteiger partial charge on any atom is 0.227 e. The summed E-state index contributed by atoms with van der Waals surface area (Å²) in [5.74, 6) is 1.64. The van der Waals surface area contributed by atoms with Gasteiger partial charge >= 0.3 is 0 Å². The summed E-state index contributed by atoms with van der Waals surface area (Å²) in [5, 5.41) is 3.23. The molecule has 134 valence electrons. The Morgan fingerprint density at radius 1 is 1.08 bits per heavy atom. The SMILES string of the molecule is CCNc1cc(C)nc(N2CCN(c3ncnc(CC)c3F)CC2)n1. The molecule has 0 atom stereocenters. The van der Waals surface area contributed by atoms with E-state index in [2.05, 4.69) is 30.2 Å². The Morgan fingerprint density at radius 2 is 1.80 bits per heavy atom. The molecular weight excluding hydrogens is 321 g/mol. The number of rotatable bonds is 5. The molecular formula is C17H24FN7. The third kappa shape index (κ3) is 3.78. The van der Waals surface area contributed by atoms with Crippen LogP contribution in [0.25, 0.3) is 0 Å². The van der Waals surface area contributed by atoms with Crippen molar-refractivity contribution in [3.8, 4) is 0 Å². The maximum atomic E-state index is 14.5. The lowest BCUT2D eigenvalue weighted by atomic mass is 10.2. The maximum absolute atomic E-state index is 14.5. The standard InChI is InChI=1S/C17H24FN7/c1-4-13-15(18)16(21-11-20-13)24-6-8-25(9-7-24)17-22-12(3)10-14(23-17)19-5-2/h10-11H,4-9H2,1-3H3,(H,19,22,23). The number of hydrogen-bond acceptors (Lipinski definition) is 7. The van der Waals surface area contributed by atoms with Gasteiger partial charge in [0.2, 0.25) is 5.95 Å². The predicted molar refractivity (Wildman–Crippen MR) is 96.7 cm³/mol. The zero-order valence-corrected chi connectivity index (χ0v) is 15.0. The summed E-state index contributed by atoms with van der Waals surface area (Å²) >= 11 is 0. The van der Waals surface area contributed by atoms with Crippen molar-refractivity contribution in [1.82, 2.24) is 19.9 Å². The van der Waals surface area contributed by atoms with E-state index in [1.165, 1.54) is 6.33 Å². The molecule has 1 aliphatic rings. The van der Waals surface area contributed by atoms with Crippen LogP contribution < -0.4 is 15.1 Å². The fourth-order valence-corrected chi connectivity index (χ4v) is 2.95. The van der Waals surface area contributed by atoms with Gasteiger partial charge in [-0.3, -0.25) is 0 Å². The predicted octanol–water partition coefficient (Wildman–Crippen LogP) is 2.03. The van der Waals surface area contributed by atoms with Crippen LogP contribution in [0.1, 0.15) is 25.2 Å². The number of piperazine rings is 1. The Bertz CT molecular complexity index is 729. The van der Waals surface area contributed by atoms with Gasteiger partial charge < -0.3 is 15.1 Å². The number of aryl methyl sites for hydroxylation is 2. The van der Waals surface area contributed by atoms with Crippen molar-refractivity contribution in [3.63, 3.8) is 0 Å². The quantitative estimate of drug-likeness (QED) is 0.889. The van der Waals surface area contributed by atoms with Crippen molar-refractivity contribution < 1.29 is 4.39 Å². The molecule has 0 unspecified atom stereocenters. The molecule has 3 heterocycles. The van der Waals surface area contributed by atoms with Crippen LogP contribution in [0, 0.1) is 12.7 Å². The van der Waals surface area contributed by atoms with Crippen molar-refractivity contribution in [1.29, 1.82) is 0 Å². The molecule has 1 fully saturated rings. The Kier molecular flexibility index (Phi) is 5.25. The van der Waals surface area contributed by atoms with Crippen LogP contribution in [0.2, 0.25) is 0 Å². The van der Waals surface area contributed by atoms with Gasteiger partial charge in [0.1, 0.15) is 12.1 Å². The number of nitrogens with zero attached hydrogens (tertiary/aromatic N) is 6. The smallest absolute Gasteiger partial charge is 0.227 e. The van der Waals surface area contributed by atoms with Crippen LogP contribution >= 0.6 is 0 Å². The molecule has 1 aliphatic heterocycles. The van der Waals surface area contributed by atoms with E-state index in [4.69, 9.17) is 0 Å². The fourth-order valence-electron chi connectivity index (χ4n) is 2.95. The minimum absolute atomic E-state index is 0.306. The molecule has 25 heavy (non-hydrogen) atoms. The number of aromatic nitrogens is 4. The summed E-state index contributed by atoms with van der Waals surface area (Å²) in [6.45, 7) is 9.50. The van der Waals surface area contributed by atoms with Crippen LogP contribution in [0.5, 0.6) is 0 Å². The molecule has 0 saturated carbocycles. The first-order chi connectivity index (χ1) is 12.1. The highest BCUT2D eigenvalue weighted by molar-refractivity contribution is 5.47. The highest BCUT2D eigenvalue weighted by Gasteiger charge is 2.23. The average molecular weight is 345 g/mol. The van der Waals surface area contributed by atoms with Crippen LogP contribution in [-0.4, -0.2) is 52.7 Å². The summed E-state index contributed by atoms with van der Waals surface area (Å²) in [5.41, 5.74) is 1.39. The van der Waals surface area contributed by atoms with E-state index in [1.54, 1.807) is 0 Å². The molecule has 8 heteroatoms. The Hall–Kier alpha value is -2.51. The van der Waals surface area contributed by atoms with E-state index >= 15 is 0 Å². The molecule has 3 rings (SSSR count). The second-order valence-electron chi connectivity index (χ2n) is 6.01. The van der Waals surface area contributed by atoms with Gasteiger partial charge in [-0.05, 0) is 20.3 Å². The molecule has 0 aliphatic carbocycles. The molecule has 1 saturated heterocycles. The fraction of sp³-hybridized carbons (Fsp3) is 0.529. The van der Waals surface area contributed by atoms with Crippen molar-refractivity contribution in [2.45, 2.75) is 27.2 Å². The largest absolute Gasteiger partial charge is 0.370 e. The molecule has 1 N–H and O–H groups in total. The summed E-state index contributed by atoms with van der Waals surface area (Å²) in [4.78, 5) is 21.4. The molecule has 0 amide bonds. The van der Waals surface area contributed by atoms with E-state index in [0.29, 0.717) is 37.0 Å². The van der Waals surface area contributed by atoms with Crippen molar-refractivity contribution in [3.05, 3.63) is 29.6 Å². The molecule has 2 aromatic heterocycles. The van der Waals surface area contributed by atoms with Gasteiger partial charge in [-0.2, -0.15) is 4.98 Å². The molecule has 0 bridgehead atoms. The lowest BCUT2D eigenvalue weighted by Gasteiger charge is -2.35. The van der Waals surface area contributed by atoms with Gasteiger partial charge in [0.25, 0.3) is 0 Å². The van der Waals surface area contributed by atoms with Crippen molar-refractivity contribution >= 4 is 17.6 Å². The highest BCUT2D eigenvalue weighted by atomic mass is 19.1. The second-order valence-corrected chi connectivity index (χ2v) is 6.01. The van der Waals surface area contributed by atoms with Crippen LogP contribution in [0.15, 0.2) is 12.4 Å². The average Bonchev–Trinajstić information content (AvgIpc) is 2.62. The first kappa shape index (κ1) is 17.3. The first-order valence-electron chi connectivity index (χ1n) is 8.71. The number of nitrogens with one attached hydrogen (secondary N) is 1. The zero-order valence-electron chi connectivity index (χ0n) is 15.0. The summed E-state index contributed by atoms with van der Waals surface area (Å²) in [6, 6.07) is 1.94. The normalized spacial score (nSPS) is 14.7.